The molecule has 388 valence electrons. The first-order valence-corrected chi connectivity index (χ1v) is 25.6. The van der Waals surface area contributed by atoms with Crippen molar-refractivity contribution in [1.29, 1.82) is 0 Å². The molecule has 0 aromatic carbocycles. The Morgan fingerprint density at radius 3 is 2.29 bits per heavy atom. The summed E-state index contributed by atoms with van der Waals surface area (Å²) in [5.41, 5.74) is 1.30. The van der Waals surface area contributed by atoms with E-state index in [9.17, 15) is 39.6 Å². The predicted molar refractivity (Wildman–Crippen MR) is 263 cm³/mol. The van der Waals surface area contributed by atoms with Crippen molar-refractivity contribution in [3.8, 4) is 11.8 Å². The number of carbonyl (C=O) groups excluding carboxylic acids is 4. The van der Waals surface area contributed by atoms with Crippen LogP contribution in [0.3, 0.4) is 0 Å². The number of hydrogen-bond donors (Lipinski definition) is 4. The smallest absolute Gasteiger partial charge is 0.329 e. The summed E-state index contributed by atoms with van der Waals surface area (Å²) < 4.78 is 30.0. The van der Waals surface area contributed by atoms with Gasteiger partial charge in [-0.25, -0.2) is 4.79 Å². The van der Waals surface area contributed by atoms with Gasteiger partial charge in [-0.15, -0.1) is 5.92 Å². The van der Waals surface area contributed by atoms with Crippen molar-refractivity contribution < 1.29 is 63.3 Å². The number of allylic oxidation sites excluding steroid dienone is 5. The van der Waals surface area contributed by atoms with Crippen LogP contribution in [0.5, 0.6) is 0 Å². The largest absolute Gasteiger partial charge is 0.460 e. The van der Waals surface area contributed by atoms with Crippen molar-refractivity contribution in [3.05, 3.63) is 47.6 Å². The number of Topliss-reactive ketones (excluding diaryl/α,β-unsaturated/α-hetero) is 2. The first-order chi connectivity index (χ1) is 32.7. The van der Waals surface area contributed by atoms with Crippen LogP contribution in [0, 0.1) is 47.3 Å². The molecular weight excluding hydrogens is 883 g/mol. The van der Waals surface area contributed by atoms with Crippen LogP contribution >= 0.6 is 0 Å². The van der Waals surface area contributed by atoms with Crippen molar-refractivity contribution in [1.82, 2.24) is 4.90 Å². The van der Waals surface area contributed by atoms with Gasteiger partial charge in [-0.2, -0.15) is 0 Å². The van der Waals surface area contributed by atoms with E-state index in [0.29, 0.717) is 63.4 Å². The van der Waals surface area contributed by atoms with Gasteiger partial charge in [0.25, 0.3) is 11.7 Å². The maximum Gasteiger partial charge on any atom is 0.329 e. The van der Waals surface area contributed by atoms with Gasteiger partial charge in [-0.3, -0.25) is 14.4 Å². The molecular formula is C55H85NO13. The number of piperidine rings is 1. The van der Waals surface area contributed by atoms with Gasteiger partial charge in [-0.1, -0.05) is 83.9 Å². The Balaban J connectivity index is 1.72. The Bertz CT molecular complexity index is 1880. The summed E-state index contributed by atoms with van der Waals surface area (Å²) >= 11 is 0. The lowest BCUT2D eigenvalue weighted by Crippen LogP contribution is -2.61. The SMILES string of the molecule is CCC#CCO[C@H]1C[C@@H]2CC[C@@H](C)[C@@](O)(O2)C(=O)C(=O)N2CCCC[C@H]2C(=O)O[C@H]([C@H](C)C[C@H]2CC[C@@H](O)[C@H](OC)C2)C[C@H](O)[C@H](C)/C=C(\C)[C@@H](O)[C@@H](OC)C(=O)[C@H](C)C[C@@H](C)/C=C/C=C/C=C/1C. The lowest BCUT2D eigenvalue weighted by molar-refractivity contribution is -0.265. The number of hydrogen-bond acceptors (Lipinski definition) is 13. The van der Waals surface area contributed by atoms with Crippen molar-refractivity contribution in [2.24, 2.45) is 35.5 Å². The Morgan fingerprint density at radius 2 is 1.59 bits per heavy atom. The van der Waals surface area contributed by atoms with Crippen LogP contribution in [-0.4, -0.2) is 137 Å². The highest BCUT2D eigenvalue weighted by Gasteiger charge is 2.53. The normalized spacial score (nSPS) is 39.6. The molecule has 14 nitrogen and oxygen atoms in total. The average Bonchev–Trinajstić information content (AvgIpc) is 3.32. The lowest BCUT2D eigenvalue weighted by Gasteiger charge is -2.43. The Labute approximate surface area is 412 Å². The van der Waals surface area contributed by atoms with E-state index in [1.807, 2.05) is 65.0 Å². The highest BCUT2D eigenvalue weighted by molar-refractivity contribution is 6.39. The molecule has 0 aromatic rings. The molecule has 1 aliphatic carbocycles. The first-order valence-electron chi connectivity index (χ1n) is 25.6. The molecule has 16 atom stereocenters. The summed E-state index contributed by atoms with van der Waals surface area (Å²) in [7, 11) is 2.97. The van der Waals surface area contributed by atoms with E-state index in [1.165, 1.54) is 12.0 Å². The fourth-order valence-corrected chi connectivity index (χ4v) is 10.5. The van der Waals surface area contributed by atoms with Gasteiger partial charge in [0.2, 0.25) is 5.79 Å². The van der Waals surface area contributed by atoms with Crippen LogP contribution in [0.4, 0.5) is 0 Å². The molecule has 4 N–H and O–H groups in total. The Hall–Kier alpha value is -3.52. The van der Waals surface area contributed by atoms with Crippen LogP contribution < -0.4 is 0 Å². The number of cyclic esters (lactones) is 1. The van der Waals surface area contributed by atoms with Crippen molar-refractivity contribution in [2.75, 3.05) is 27.4 Å². The van der Waals surface area contributed by atoms with Gasteiger partial charge >= 0.3 is 5.97 Å². The van der Waals surface area contributed by atoms with Crippen LogP contribution in [0.15, 0.2) is 47.6 Å². The fourth-order valence-electron chi connectivity index (χ4n) is 10.5. The predicted octanol–water partition coefficient (Wildman–Crippen LogP) is 6.76. The molecule has 0 aromatic heterocycles. The fraction of sp³-hybridized carbons (Fsp3) is 0.745. The molecule has 69 heavy (non-hydrogen) atoms. The number of ketones is 2. The molecule has 0 spiro atoms. The lowest BCUT2D eigenvalue weighted by atomic mass is 9.78. The zero-order chi connectivity index (χ0) is 51.0. The standard InChI is InChI=1S/C55H85NO13/c1-11-12-18-27-67-46-32-42-24-22-40(8)55(64,69-42)52(61)53(62)56-26-17-16-21-43(56)54(63)68-47(37(5)30-41-23-25-44(57)48(31-41)65-9)33-45(58)36(4)29-39(7)50(60)51(66-10)49(59)38(6)28-34(2)19-14-13-15-20-35(46)3/h13-15,19-20,29,34,36-38,40-48,50-51,57-58,60,64H,11,16-17,21-28,30-33H2,1-10H3/b15-13+,19-14+,35-20+,39-29+/t34-,36+,37+,38+,40+,41+,42-,43-,44+,45-,46-,47-,48+,50+,51-,55+/m0/s1. The van der Waals surface area contributed by atoms with Gasteiger partial charge in [0.1, 0.15) is 31.0 Å². The number of fused-ring (bicyclic) bond motifs is 3. The molecule has 0 radical (unpaired) electrons. The molecule has 2 saturated heterocycles. The van der Waals surface area contributed by atoms with Crippen molar-refractivity contribution >= 4 is 23.4 Å². The zero-order valence-corrected chi connectivity index (χ0v) is 43.1. The van der Waals surface area contributed by atoms with E-state index >= 15 is 0 Å². The maximum atomic E-state index is 14.5. The summed E-state index contributed by atoms with van der Waals surface area (Å²) in [5, 5.41) is 45.9. The van der Waals surface area contributed by atoms with E-state index in [1.54, 1.807) is 34.0 Å². The molecule has 14 heteroatoms. The second kappa shape index (κ2) is 27.9. The van der Waals surface area contributed by atoms with Crippen LogP contribution in [0.1, 0.15) is 139 Å². The highest BCUT2D eigenvalue weighted by atomic mass is 16.6. The zero-order valence-electron chi connectivity index (χ0n) is 43.1. The maximum absolute atomic E-state index is 14.5. The molecule has 1 saturated carbocycles. The number of aliphatic hydroxyl groups is 4. The van der Waals surface area contributed by atoms with Gasteiger partial charge in [0.15, 0.2) is 5.78 Å². The average molecular weight is 968 g/mol. The number of esters is 1. The van der Waals surface area contributed by atoms with Crippen LogP contribution in [0.2, 0.25) is 0 Å². The third kappa shape index (κ3) is 16.2. The van der Waals surface area contributed by atoms with E-state index in [4.69, 9.17) is 23.7 Å². The molecule has 1 amide bonds. The minimum absolute atomic E-state index is 0.0118. The second-order valence-electron chi connectivity index (χ2n) is 20.6. The van der Waals surface area contributed by atoms with Crippen LogP contribution in [-0.2, 0) is 42.9 Å². The van der Waals surface area contributed by atoms with Crippen LogP contribution in [0.25, 0.3) is 0 Å². The summed E-state index contributed by atoms with van der Waals surface area (Å²) in [6, 6.07) is -1.12. The summed E-state index contributed by atoms with van der Waals surface area (Å²) in [5.74, 6) is -1.37. The van der Waals surface area contributed by atoms with Crippen molar-refractivity contribution in [3.63, 3.8) is 0 Å². The number of methoxy groups -OCH3 is 2. The molecule has 3 aliphatic heterocycles. The third-order valence-electron chi connectivity index (χ3n) is 15.0. The molecule has 2 bridgehead atoms. The molecule has 3 fully saturated rings. The second-order valence-corrected chi connectivity index (χ2v) is 20.6. The molecule has 0 unspecified atom stereocenters. The molecule has 4 aliphatic rings. The summed E-state index contributed by atoms with van der Waals surface area (Å²) in [6.07, 6.45) is 11.2. The number of carbonyl (C=O) groups is 4. The minimum atomic E-state index is -2.45. The Morgan fingerprint density at radius 1 is 0.855 bits per heavy atom. The summed E-state index contributed by atoms with van der Waals surface area (Å²) in [6.45, 7) is 15.1. The molecule has 4 rings (SSSR count). The quantitative estimate of drug-likeness (QED) is 0.0905. The first kappa shape index (κ1) is 58.1. The molecule has 3 heterocycles. The minimum Gasteiger partial charge on any atom is -0.460 e. The van der Waals surface area contributed by atoms with E-state index < -0.39 is 90.0 Å². The number of amides is 1. The topological polar surface area (TPSA) is 199 Å². The van der Waals surface area contributed by atoms with E-state index in [-0.39, 0.29) is 62.1 Å². The number of nitrogens with zero attached hydrogens (tertiary/aromatic N) is 1. The van der Waals surface area contributed by atoms with E-state index in [2.05, 4.69) is 11.8 Å². The number of rotatable bonds is 7. The van der Waals surface area contributed by atoms with Crippen molar-refractivity contribution in [2.45, 2.75) is 200 Å². The van der Waals surface area contributed by atoms with Gasteiger partial charge in [-0.05, 0) is 107 Å². The van der Waals surface area contributed by atoms with Gasteiger partial charge < -0.3 is 49.0 Å². The third-order valence-corrected chi connectivity index (χ3v) is 15.0. The summed E-state index contributed by atoms with van der Waals surface area (Å²) in [4.78, 5) is 58.2. The van der Waals surface area contributed by atoms with Gasteiger partial charge in [0, 0.05) is 57.8 Å². The monoisotopic (exact) mass is 968 g/mol. The van der Waals surface area contributed by atoms with Gasteiger partial charge in [0.05, 0.1) is 30.5 Å². The Kier molecular flexibility index (Phi) is 23.5. The number of ether oxygens (including phenoxy) is 5. The number of aliphatic hydroxyl groups excluding tert-OH is 3. The highest BCUT2D eigenvalue weighted by Crippen LogP contribution is 2.38. The van der Waals surface area contributed by atoms with E-state index in [0.717, 1.165) is 12.0 Å².